The lowest BCUT2D eigenvalue weighted by atomic mass is 10.1. The van der Waals surface area contributed by atoms with Gasteiger partial charge in [-0.2, -0.15) is 5.10 Å². The molecule has 1 aliphatic rings. The second-order valence-electron chi connectivity index (χ2n) is 7.08. The van der Waals surface area contributed by atoms with Gasteiger partial charge in [0.1, 0.15) is 0 Å². The smallest absolute Gasteiger partial charge is 0.252 e. The van der Waals surface area contributed by atoms with Crippen molar-refractivity contribution in [1.29, 1.82) is 0 Å². The highest BCUT2D eigenvalue weighted by molar-refractivity contribution is 7.91. The highest BCUT2D eigenvalue weighted by Crippen LogP contribution is 2.33. The normalized spacial score (nSPS) is 18.0. The Morgan fingerprint density at radius 1 is 1.30 bits per heavy atom. The van der Waals surface area contributed by atoms with E-state index in [2.05, 4.69) is 15.4 Å². The second kappa shape index (κ2) is 6.16. The number of pyridine rings is 1. The van der Waals surface area contributed by atoms with Crippen LogP contribution in [-0.4, -0.2) is 34.8 Å². The molecule has 1 aliphatic heterocycles. The van der Waals surface area contributed by atoms with Crippen LogP contribution in [0.2, 0.25) is 0 Å². The summed E-state index contributed by atoms with van der Waals surface area (Å²) in [4.78, 5) is 17.8. The number of carbonyl (C=O) groups excluding carboxylic acids is 1. The molecule has 4 rings (SSSR count). The van der Waals surface area contributed by atoms with Crippen LogP contribution in [0.1, 0.15) is 47.5 Å². The Kier molecular flexibility index (Phi) is 4.03. The molecule has 2 aromatic heterocycles. The lowest BCUT2D eigenvalue weighted by Crippen LogP contribution is -2.29. The predicted octanol–water partition coefficient (Wildman–Crippen LogP) is 2.58. The minimum Gasteiger partial charge on any atom is -0.344 e. The largest absolute Gasteiger partial charge is 0.344 e. The zero-order valence-corrected chi connectivity index (χ0v) is 16.1. The van der Waals surface area contributed by atoms with Crippen LogP contribution >= 0.6 is 0 Å². The van der Waals surface area contributed by atoms with E-state index < -0.39 is 15.9 Å². The third-order valence-corrected chi connectivity index (χ3v) is 6.56. The highest BCUT2D eigenvalue weighted by Gasteiger charge is 2.35. The molecule has 0 aliphatic carbocycles. The van der Waals surface area contributed by atoms with Gasteiger partial charge in [0.25, 0.3) is 5.91 Å². The number of aromatic nitrogens is 3. The van der Waals surface area contributed by atoms with Crippen LogP contribution < -0.4 is 5.32 Å². The predicted molar refractivity (Wildman–Crippen MR) is 101 cm³/mol. The molecule has 0 fully saturated rings. The third kappa shape index (κ3) is 2.90. The highest BCUT2D eigenvalue weighted by atomic mass is 32.2. The van der Waals surface area contributed by atoms with Gasteiger partial charge < -0.3 is 5.32 Å². The quantitative estimate of drug-likeness (QED) is 0.749. The maximum absolute atomic E-state index is 13.0. The number of sulfone groups is 1. The third-order valence-electron chi connectivity index (χ3n) is 4.75. The molecule has 3 aromatic rings. The van der Waals surface area contributed by atoms with Crippen LogP contribution in [0.15, 0.2) is 41.4 Å². The van der Waals surface area contributed by atoms with Crippen molar-refractivity contribution in [3.05, 3.63) is 53.3 Å². The average molecular weight is 384 g/mol. The summed E-state index contributed by atoms with van der Waals surface area (Å²) in [5, 5.41) is 7.88. The van der Waals surface area contributed by atoms with Gasteiger partial charge in [-0.15, -0.1) is 0 Å². The Bertz CT molecular complexity index is 1160. The Labute approximate surface area is 157 Å². The van der Waals surface area contributed by atoms with Crippen LogP contribution in [0, 0.1) is 6.92 Å². The zero-order chi connectivity index (χ0) is 19.3. The van der Waals surface area contributed by atoms with Crippen molar-refractivity contribution >= 4 is 26.8 Å². The molecular weight excluding hydrogens is 364 g/mol. The van der Waals surface area contributed by atoms with Crippen LogP contribution in [0.25, 0.3) is 11.0 Å². The molecule has 0 radical (unpaired) electrons. The SMILES string of the molecule is Cc1cc(C(=O)NC2CS(=O)(=O)c3ccccc32)c2cnn(C(C)C)c2n1. The molecule has 140 valence electrons. The van der Waals surface area contributed by atoms with Gasteiger partial charge in [-0.25, -0.2) is 18.1 Å². The van der Waals surface area contributed by atoms with Gasteiger partial charge in [0.2, 0.25) is 0 Å². The van der Waals surface area contributed by atoms with E-state index in [-0.39, 0.29) is 17.7 Å². The number of nitrogens with one attached hydrogen (secondary N) is 1. The first-order valence-corrected chi connectivity index (χ1v) is 10.4. The van der Waals surface area contributed by atoms with Gasteiger partial charge in [0, 0.05) is 11.7 Å². The summed E-state index contributed by atoms with van der Waals surface area (Å²) in [6, 6.07) is 8.05. The first-order valence-electron chi connectivity index (χ1n) is 8.75. The van der Waals surface area contributed by atoms with E-state index in [1.807, 2.05) is 20.8 Å². The van der Waals surface area contributed by atoms with Crippen molar-refractivity contribution in [3.8, 4) is 0 Å². The number of carbonyl (C=O) groups is 1. The van der Waals surface area contributed by atoms with Crippen molar-refractivity contribution in [2.24, 2.45) is 0 Å². The summed E-state index contributed by atoms with van der Waals surface area (Å²) in [7, 11) is -3.38. The number of nitrogens with zero attached hydrogens (tertiary/aromatic N) is 3. The second-order valence-corrected chi connectivity index (χ2v) is 9.08. The monoisotopic (exact) mass is 384 g/mol. The topological polar surface area (TPSA) is 94.0 Å². The molecule has 1 N–H and O–H groups in total. The van der Waals surface area contributed by atoms with E-state index in [4.69, 9.17) is 0 Å². The van der Waals surface area contributed by atoms with Crippen LogP contribution in [0.3, 0.4) is 0 Å². The summed E-state index contributed by atoms with van der Waals surface area (Å²) >= 11 is 0. The number of fused-ring (bicyclic) bond motifs is 2. The van der Waals surface area contributed by atoms with Crippen molar-refractivity contribution in [2.45, 2.75) is 37.8 Å². The standard InChI is InChI=1S/C19H20N4O3S/c1-11(2)23-18-15(9-20-23)14(8-12(3)21-18)19(24)22-16-10-27(25,26)17-7-5-4-6-13(16)17/h4-9,11,16H,10H2,1-3H3,(H,22,24). The van der Waals surface area contributed by atoms with Crippen molar-refractivity contribution in [1.82, 2.24) is 20.1 Å². The molecule has 27 heavy (non-hydrogen) atoms. The van der Waals surface area contributed by atoms with Crippen molar-refractivity contribution in [2.75, 3.05) is 5.75 Å². The Hall–Kier alpha value is -2.74. The van der Waals surface area contributed by atoms with Crippen molar-refractivity contribution in [3.63, 3.8) is 0 Å². The summed E-state index contributed by atoms with van der Waals surface area (Å²) in [6.45, 7) is 5.82. The molecular formula is C19H20N4O3S. The number of aryl methyl sites for hydroxylation is 1. The fraction of sp³-hybridized carbons (Fsp3) is 0.316. The minimum atomic E-state index is -3.38. The molecule has 1 aromatic carbocycles. The van der Waals surface area contributed by atoms with Gasteiger partial charge >= 0.3 is 0 Å². The maximum Gasteiger partial charge on any atom is 0.252 e. The van der Waals surface area contributed by atoms with Gasteiger partial charge in [-0.1, -0.05) is 18.2 Å². The number of rotatable bonds is 3. The Morgan fingerprint density at radius 2 is 2.04 bits per heavy atom. The summed E-state index contributed by atoms with van der Waals surface area (Å²) in [5.41, 5.74) is 2.43. The Morgan fingerprint density at radius 3 is 2.78 bits per heavy atom. The van der Waals surface area contributed by atoms with E-state index in [0.29, 0.717) is 32.7 Å². The van der Waals surface area contributed by atoms with Crippen LogP contribution in [0.4, 0.5) is 0 Å². The van der Waals surface area contributed by atoms with Crippen LogP contribution in [-0.2, 0) is 9.84 Å². The summed E-state index contributed by atoms with van der Waals surface area (Å²) in [6.07, 6.45) is 1.63. The fourth-order valence-corrected chi connectivity index (χ4v) is 5.25. The van der Waals surface area contributed by atoms with E-state index in [1.165, 1.54) is 0 Å². The van der Waals surface area contributed by atoms with Gasteiger partial charge in [0.15, 0.2) is 15.5 Å². The summed E-state index contributed by atoms with van der Waals surface area (Å²) in [5.74, 6) is -0.456. The van der Waals surface area contributed by atoms with Gasteiger partial charge in [0.05, 0.1) is 33.8 Å². The van der Waals surface area contributed by atoms with E-state index in [1.54, 1.807) is 41.2 Å². The van der Waals surface area contributed by atoms with Gasteiger partial charge in [-0.05, 0) is 38.5 Å². The lowest BCUT2D eigenvalue weighted by Gasteiger charge is -2.14. The fourth-order valence-electron chi connectivity index (χ4n) is 3.51. The molecule has 7 nitrogen and oxygen atoms in total. The van der Waals surface area contributed by atoms with Gasteiger partial charge in [-0.3, -0.25) is 4.79 Å². The minimum absolute atomic E-state index is 0.111. The number of hydrogen-bond donors (Lipinski definition) is 1. The van der Waals surface area contributed by atoms with Crippen molar-refractivity contribution < 1.29 is 13.2 Å². The molecule has 0 bridgehead atoms. The molecule has 1 amide bonds. The lowest BCUT2D eigenvalue weighted by molar-refractivity contribution is 0.0942. The van der Waals surface area contributed by atoms with E-state index in [9.17, 15) is 13.2 Å². The molecule has 8 heteroatoms. The maximum atomic E-state index is 13.0. The molecule has 0 saturated heterocycles. The molecule has 3 heterocycles. The molecule has 0 saturated carbocycles. The Balaban J connectivity index is 1.73. The number of hydrogen-bond acceptors (Lipinski definition) is 5. The van der Waals surface area contributed by atoms with Crippen LogP contribution in [0.5, 0.6) is 0 Å². The summed E-state index contributed by atoms with van der Waals surface area (Å²) < 4.78 is 26.5. The molecule has 1 unspecified atom stereocenters. The van der Waals surface area contributed by atoms with E-state index >= 15 is 0 Å². The first kappa shape index (κ1) is 17.7. The first-order chi connectivity index (χ1) is 12.8. The number of amides is 1. The average Bonchev–Trinajstić information content (AvgIpc) is 3.14. The zero-order valence-electron chi connectivity index (χ0n) is 15.3. The van der Waals surface area contributed by atoms with E-state index in [0.717, 1.165) is 0 Å². The number of benzene rings is 1. The molecule has 1 atom stereocenters. The molecule has 0 spiro atoms.